The van der Waals surface area contributed by atoms with Gasteiger partial charge in [0.1, 0.15) is 5.69 Å². The molecule has 0 bridgehead atoms. The number of hydrogen-bond acceptors (Lipinski definition) is 3. The smallest absolute Gasteiger partial charge is 0.270 e. The van der Waals surface area contributed by atoms with E-state index >= 15 is 0 Å². The van der Waals surface area contributed by atoms with E-state index in [0.717, 1.165) is 11.4 Å². The predicted octanol–water partition coefficient (Wildman–Crippen LogP) is 2.20. The Labute approximate surface area is 92.5 Å². The van der Waals surface area contributed by atoms with E-state index < -0.39 is 0 Å². The van der Waals surface area contributed by atoms with E-state index in [1.54, 1.807) is 5.38 Å². The Hall–Kier alpha value is -0.610. The van der Waals surface area contributed by atoms with Gasteiger partial charge in [-0.15, -0.1) is 22.9 Å². The van der Waals surface area contributed by atoms with Crippen LogP contribution in [0, 0.1) is 6.92 Å². The van der Waals surface area contributed by atoms with Crippen LogP contribution in [0.1, 0.15) is 28.8 Å². The van der Waals surface area contributed by atoms with Gasteiger partial charge in [0.2, 0.25) is 0 Å². The molecule has 1 aromatic heterocycles. The van der Waals surface area contributed by atoms with Crippen LogP contribution >= 0.6 is 22.9 Å². The summed E-state index contributed by atoms with van der Waals surface area (Å²) in [5.74, 6) is 0.435. The van der Waals surface area contributed by atoms with Crippen LogP contribution in [0.2, 0.25) is 0 Å². The molecule has 78 valence electrons. The van der Waals surface area contributed by atoms with Crippen LogP contribution in [0.5, 0.6) is 0 Å². The predicted molar refractivity (Wildman–Crippen MR) is 59.1 cm³/mol. The molecule has 0 aliphatic rings. The SMILES string of the molecule is Cc1nc(C(=O)NC(C)CCCl)cs1. The summed E-state index contributed by atoms with van der Waals surface area (Å²) >= 11 is 7.04. The van der Waals surface area contributed by atoms with Gasteiger partial charge in [-0.3, -0.25) is 4.79 Å². The summed E-state index contributed by atoms with van der Waals surface area (Å²) in [4.78, 5) is 15.6. The van der Waals surface area contributed by atoms with E-state index in [1.807, 2.05) is 13.8 Å². The summed E-state index contributed by atoms with van der Waals surface area (Å²) in [5.41, 5.74) is 0.494. The van der Waals surface area contributed by atoms with Gasteiger partial charge in [-0.25, -0.2) is 4.98 Å². The van der Waals surface area contributed by atoms with Crippen molar-refractivity contribution < 1.29 is 4.79 Å². The van der Waals surface area contributed by atoms with Crippen molar-refractivity contribution in [3.63, 3.8) is 0 Å². The Morgan fingerprint density at radius 3 is 3.00 bits per heavy atom. The average molecular weight is 233 g/mol. The lowest BCUT2D eigenvalue weighted by atomic mass is 10.2. The molecule has 0 saturated heterocycles. The fraction of sp³-hybridized carbons (Fsp3) is 0.556. The van der Waals surface area contributed by atoms with E-state index in [0.29, 0.717) is 11.6 Å². The van der Waals surface area contributed by atoms with Gasteiger partial charge in [-0.2, -0.15) is 0 Å². The van der Waals surface area contributed by atoms with E-state index in [1.165, 1.54) is 11.3 Å². The number of halogens is 1. The third-order valence-electron chi connectivity index (χ3n) is 1.77. The van der Waals surface area contributed by atoms with E-state index in [-0.39, 0.29) is 11.9 Å². The maximum atomic E-state index is 11.5. The van der Waals surface area contributed by atoms with Gasteiger partial charge in [0, 0.05) is 17.3 Å². The Morgan fingerprint density at radius 1 is 1.79 bits per heavy atom. The first-order valence-electron chi connectivity index (χ1n) is 4.42. The number of amides is 1. The number of alkyl halides is 1. The molecular formula is C9H13ClN2OS. The number of carbonyl (C=O) groups excluding carboxylic acids is 1. The minimum atomic E-state index is -0.119. The van der Waals surface area contributed by atoms with Crippen molar-refractivity contribution in [2.45, 2.75) is 26.3 Å². The molecule has 0 radical (unpaired) electrons. The van der Waals surface area contributed by atoms with Crippen molar-refractivity contribution in [2.24, 2.45) is 0 Å². The van der Waals surface area contributed by atoms with E-state index in [2.05, 4.69) is 10.3 Å². The first-order valence-corrected chi connectivity index (χ1v) is 5.84. The summed E-state index contributed by atoms with van der Waals surface area (Å²) in [6, 6.07) is 0.0991. The summed E-state index contributed by atoms with van der Waals surface area (Å²) in [5, 5.41) is 5.50. The Kier molecular flexibility index (Phi) is 4.35. The molecule has 1 rings (SSSR count). The van der Waals surface area contributed by atoms with Crippen molar-refractivity contribution in [3.8, 4) is 0 Å². The van der Waals surface area contributed by atoms with Crippen LogP contribution < -0.4 is 5.32 Å². The maximum Gasteiger partial charge on any atom is 0.270 e. The van der Waals surface area contributed by atoms with Gasteiger partial charge in [-0.1, -0.05) is 0 Å². The number of rotatable bonds is 4. The normalized spacial score (nSPS) is 12.5. The molecular weight excluding hydrogens is 220 g/mol. The standard InChI is InChI=1S/C9H13ClN2OS/c1-6(3-4-10)11-9(13)8-5-14-7(2)12-8/h5-6H,3-4H2,1-2H3,(H,11,13). The third kappa shape index (κ3) is 3.27. The average Bonchev–Trinajstić information content (AvgIpc) is 2.52. The fourth-order valence-corrected chi connectivity index (χ4v) is 1.92. The lowest BCUT2D eigenvalue weighted by Crippen LogP contribution is -2.33. The van der Waals surface area contributed by atoms with Gasteiger partial charge in [0.15, 0.2) is 0 Å². The summed E-state index contributed by atoms with van der Waals surface area (Å²) in [7, 11) is 0. The molecule has 0 aromatic carbocycles. The molecule has 0 spiro atoms. The molecule has 1 aromatic rings. The molecule has 1 unspecified atom stereocenters. The second kappa shape index (κ2) is 5.32. The highest BCUT2D eigenvalue weighted by Gasteiger charge is 2.11. The number of carbonyl (C=O) groups is 1. The number of aromatic nitrogens is 1. The van der Waals surface area contributed by atoms with Crippen LogP contribution in [-0.2, 0) is 0 Å². The monoisotopic (exact) mass is 232 g/mol. The largest absolute Gasteiger partial charge is 0.348 e. The van der Waals surface area contributed by atoms with Gasteiger partial charge >= 0.3 is 0 Å². The lowest BCUT2D eigenvalue weighted by Gasteiger charge is -2.10. The first kappa shape index (κ1) is 11.5. The van der Waals surface area contributed by atoms with Crippen molar-refractivity contribution in [1.82, 2.24) is 10.3 Å². The molecule has 0 saturated carbocycles. The third-order valence-corrected chi connectivity index (χ3v) is 2.76. The highest BCUT2D eigenvalue weighted by atomic mass is 35.5. The lowest BCUT2D eigenvalue weighted by molar-refractivity contribution is 0.0935. The van der Waals surface area contributed by atoms with Crippen molar-refractivity contribution in [2.75, 3.05) is 5.88 Å². The van der Waals surface area contributed by atoms with Crippen LogP contribution in [0.15, 0.2) is 5.38 Å². The molecule has 14 heavy (non-hydrogen) atoms. The Balaban J connectivity index is 2.50. The molecule has 1 atom stereocenters. The zero-order valence-corrected chi connectivity index (χ0v) is 9.78. The summed E-state index contributed by atoms with van der Waals surface area (Å²) in [6.07, 6.45) is 0.774. The molecule has 1 amide bonds. The van der Waals surface area contributed by atoms with Crippen molar-refractivity contribution >= 4 is 28.8 Å². The van der Waals surface area contributed by atoms with Crippen LogP contribution in [0.25, 0.3) is 0 Å². The molecule has 1 N–H and O–H groups in total. The minimum absolute atomic E-state index is 0.0991. The molecule has 0 fully saturated rings. The molecule has 0 aliphatic heterocycles. The highest BCUT2D eigenvalue weighted by Crippen LogP contribution is 2.08. The van der Waals surface area contributed by atoms with Gasteiger partial charge < -0.3 is 5.32 Å². The van der Waals surface area contributed by atoms with Crippen LogP contribution in [0.4, 0.5) is 0 Å². The quantitative estimate of drug-likeness (QED) is 0.809. The number of aryl methyl sites for hydroxylation is 1. The van der Waals surface area contributed by atoms with E-state index in [4.69, 9.17) is 11.6 Å². The van der Waals surface area contributed by atoms with Gasteiger partial charge in [-0.05, 0) is 20.3 Å². The maximum absolute atomic E-state index is 11.5. The van der Waals surface area contributed by atoms with E-state index in [9.17, 15) is 4.79 Å². The zero-order valence-electron chi connectivity index (χ0n) is 8.21. The number of nitrogens with zero attached hydrogens (tertiary/aromatic N) is 1. The second-order valence-corrected chi connectivity index (χ2v) is 4.54. The summed E-state index contributed by atoms with van der Waals surface area (Å²) < 4.78 is 0. The Morgan fingerprint density at radius 2 is 2.50 bits per heavy atom. The number of hydrogen-bond donors (Lipinski definition) is 1. The Bertz CT molecular complexity index is 314. The molecule has 5 heteroatoms. The fourth-order valence-electron chi connectivity index (χ4n) is 1.00. The molecule has 0 aliphatic carbocycles. The number of nitrogens with one attached hydrogen (secondary N) is 1. The van der Waals surface area contributed by atoms with Gasteiger partial charge in [0.25, 0.3) is 5.91 Å². The van der Waals surface area contributed by atoms with Gasteiger partial charge in [0.05, 0.1) is 5.01 Å². The van der Waals surface area contributed by atoms with Crippen LogP contribution in [-0.4, -0.2) is 22.8 Å². The first-order chi connectivity index (χ1) is 6.63. The zero-order chi connectivity index (χ0) is 10.6. The van der Waals surface area contributed by atoms with Crippen molar-refractivity contribution in [1.29, 1.82) is 0 Å². The van der Waals surface area contributed by atoms with Crippen molar-refractivity contribution in [3.05, 3.63) is 16.1 Å². The topological polar surface area (TPSA) is 42.0 Å². The van der Waals surface area contributed by atoms with Crippen LogP contribution in [0.3, 0.4) is 0 Å². The molecule has 3 nitrogen and oxygen atoms in total. The number of thiazole rings is 1. The second-order valence-electron chi connectivity index (χ2n) is 3.10. The summed E-state index contributed by atoms with van der Waals surface area (Å²) in [6.45, 7) is 3.81. The minimum Gasteiger partial charge on any atom is -0.348 e. The molecule has 1 heterocycles. The highest BCUT2D eigenvalue weighted by molar-refractivity contribution is 7.09.